The van der Waals surface area contributed by atoms with Crippen LogP contribution in [0.15, 0.2) is 18.2 Å². The number of fused-ring (bicyclic) bond motifs is 1. The zero-order chi connectivity index (χ0) is 12.4. The molecule has 1 aliphatic rings. The van der Waals surface area contributed by atoms with Crippen molar-refractivity contribution in [3.8, 4) is 5.75 Å². The highest BCUT2D eigenvalue weighted by molar-refractivity contribution is 5.85. The number of hydrogen-bond acceptors (Lipinski definition) is 3. The molecule has 0 amide bonds. The molecule has 17 heavy (non-hydrogen) atoms. The molecule has 1 heterocycles. The zero-order valence-electron chi connectivity index (χ0n) is 10.7. The Morgan fingerprint density at radius 1 is 1.53 bits per heavy atom. The summed E-state index contributed by atoms with van der Waals surface area (Å²) in [5, 5.41) is 0. The van der Waals surface area contributed by atoms with E-state index < -0.39 is 0 Å². The second-order valence-corrected chi connectivity index (χ2v) is 4.48. The molecule has 1 atom stereocenters. The number of rotatable bonds is 3. The van der Waals surface area contributed by atoms with E-state index in [0.29, 0.717) is 6.61 Å². The fraction of sp³-hybridized carbons (Fsp3) is 0.500. The SMILES string of the molecule is CCc1ccc2c(c1)N(C(C)C(C)=O)CCO2. The molecule has 0 spiro atoms. The summed E-state index contributed by atoms with van der Waals surface area (Å²) in [5.74, 6) is 1.08. The summed E-state index contributed by atoms with van der Waals surface area (Å²) in [6, 6.07) is 6.15. The average molecular weight is 233 g/mol. The van der Waals surface area contributed by atoms with Crippen molar-refractivity contribution in [1.82, 2.24) is 0 Å². The van der Waals surface area contributed by atoms with Crippen molar-refractivity contribution in [2.75, 3.05) is 18.1 Å². The number of nitrogens with zero attached hydrogens (tertiary/aromatic N) is 1. The minimum atomic E-state index is -0.0789. The molecule has 0 saturated heterocycles. The minimum absolute atomic E-state index is 0.0789. The third kappa shape index (κ3) is 2.28. The Kier molecular flexibility index (Phi) is 3.36. The van der Waals surface area contributed by atoms with Crippen LogP contribution < -0.4 is 9.64 Å². The van der Waals surface area contributed by atoms with Crippen molar-refractivity contribution < 1.29 is 9.53 Å². The number of ether oxygens (including phenoxy) is 1. The van der Waals surface area contributed by atoms with Gasteiger partial charge in [-0.1, -0.05) is 13.0 Å². The van der Waals surface area contributed by atoms with E-state index in [1.165, 1.54) is 5.56 Å². The van der Waals surface area contributed by atoms with E-state index in [0.717, 1.165) is 24.4 Å². The number of anilines is 1. The molecule has 0 bridgehead atoms. The average Bonchev–Trinajstić information content (AvgIpc) is 2.36. The standard InChI is InChI=1S/C14H19NO2/c1-4-12-5-6-14-13(9-12)15(7-8-17-14)10(2)11(3)16/h5-6,9-10H,4,7-8H2,1-3H3. The predicted octanol–water partition coefficient (Wildman–Crippen LogP) is 2.43. The number of carbonyl (C=O) groups is 1. The first-order chi connectivity index (χ1) is 8.13. The highest BCUT2D eigenvalue weighted by atomic mass is 16.5. The van der Waals surface area contributed by atoms with Gasteiger partial charge in [-0.25, -0.2) is 0 Å². The van der Waals surface area contributed by atoms with E-state index in [2.05, 4.69) is 24.0 Å². The number of Topliss-reactive ketones (excluding diaryl/α,β-unsaturated/α-hetero) is 1. The van der Waals surface area contributed by atoms with Gasteiger partial charge in [-0.05, 0) is 38.0 Å². The number of carbonyl (C=O) groups excluding carboxylic acids is 1. The third-order valence-corrected chi connectivity index (χ3v) is 3.39. The minimum Gasteiger partial charge on any atom is -0.490 e. The van der Waals surface area contributed by atoms with Gasteiger partial charge in [-0.15, -0.1) is 0 Å². The van der Waals surface area contributed by atoms with Gasteiger partial charge in [0, 0.05) is 0 Å². The maximum absolute atomic E-state index is 11.5. The van der Waals surface area contributed by atoms with Crippen molar-refractivity contribution in [2.45, 2.75) is 33.2 Å². The summed E-state index contributed by atoms with van der Waals surface area (Å²) in [7, 11) is 0. The van der Waals surface area contributed by atoms with Crippen LogP contribution in [0.1, 0.15) is 26.3 Å². The highest BCUT2D eigenvalue weighted by Gasteiger charge is 2.24. The largest absolute Gasteiger partial charge is 0.490 e. The first-order valence-corrected chi connectivity index (χ1v) is 6.16. The molecule has 0 fully saturated rings. The lowest BCUT2D eigenvalue weighted by Gasteiger charge is -2.35. The molecule has 0 saturated carbocycles. The van der Waals surface area contributed by atoms with Crippen LogP contribution in [0.5, 0.6) is 5.75 Å². The summed E-state index contributed by atoms with van der Waals surface area (Å²) in [6.07, 6.45) is 0.996. The number of ketones is 1. The lowest BCUT2D eigenvalue weighted by atomic mass is 10.1. The Labute approximate surface area is 102 Å². The van der Waals surface area contributed by atoms with Gasteiger partial charge in [0.2, 0.25) is 0 Å². The molecule has 1 unspecified atom stereocenters. The van der Waals surface area contributed by atoms with Crippen LogP contribution in [0, 0.1) is 0 Å². The van der Waals surface area contributed by atoms with Crippen molar-refractivity contribution in [3.05, 3.63) is 23.8 Å². The first kappa shape index (κ1) is 12.0. The maximum Gasteiger partial charge on any atom is 0.151 e. The van der Waals surface area contributed by atoms with Gasteiger partial charge < -0.3 is 9.64 Å². The van der Waals surface area contributed by atoms with E-state index in [-0.39, 0.29) is 11.8 Å². The summed E-state index contributed by atoms with van der Waals surface area (Å²) in [4.78, 5) is 13.7. The molecule has 1 aromatic carbocycles. The van der Waals surface area contributed by atoms with Gasteiger partial charge in [0.25, 0.3) is 0 Å². The molecule has 0 aliphatic carbocycles. The zero-order valence-corrected chi connectivity index (χ0v) is 10.7. The van der Waals surface area contributed by atoms with E-state index in [1.54, 1.807) is 6.92 Å². The molecule has 1 aromatic rings. The van der Waals surface area contributed by atoms with Gasteiger partial charge in [0.15, 0.2) is 5.78 Å². The van der Waals surface area contributed by atoms with Crippen LogP contribution >= 0.6 is 0 Å². The van der Waals surface area contributed by atoms with Crippen molar-refractivity contribution in [2.24, 2.45) is 0 Å². The van der Waals surface area contributed by atoms with Crippen molar-refractivity contribution >= 4 is 11.5 Å². The Balaban J connectivity index is 2.38. The fourth-order valence-electron chi connectivity index (χ4n) is 2.13. The van der Waals surface area contributed by atoms with Crippen LogP contribution in [-0.4, -0.2) is 25.0 Å². The molecule has 0 aromatic heterocycles. The summed E-state index contributed by atoms with van der Waals surface area (Å²) in [5.41, 5.74) is 2.33. The second-order valence-electron chi connectivity index (χ2n) is 4.48. The van der Waals surface area contributed by atoms with Crippen molar-refractivity contribution in [1.29, 1.82) is 0 Å². The monoisotopic (exact) mass is 233 g/mol. The van der Waals surface area contributed by atoms with E-state index in [4.69, 9.17) is 4.74 Å². The Bertz CT molecular complexity index is 428. The fourth-order valence-corrected chi connectivity index (χ4v) is 2.13. The molecule has 92 valence electrons. The highest BCUT2D eigenvalue weighted by Crippen LogP contribution is 2.33. The molecular formula is C14H19NO2. The Hall–Kier alpha value is -1.51. The van der Waals surface area contributed by atoms with Gasteiger partial charge in [0.05, 0.1) is 18.3 Å². The number of hydrogen-bond donors (Lipinski definition) is 0. The quantitative estimate of drug-likeness (QED) is 0.803. The number of aryl methyl sites for hydroxylation is 1. The van der Waals surface area contributed by atoms with Crippen LogP contribution in [0.2, 0.25) is 0 Å². The Morgan fingerprint density at radius 3 is 2.94 bits per heavy atom. The normalized spacial score (nSPS) is 16.1. The van der Waals surface area contributed by atoms with E-state index in [1.807, 2.05) is 13.0 Å². The third-order valence-electron chi connectivity index (χ3n) is 3.39. The van der Waals surface area contributed by atoms with Crippen molar-refractivity contribution in [3.63, 3.8) is 0 Å². The predicted molar refractivity (Wildman–Crippen MR) is 68.8 cm³/mol. The molecule has 0 radical (unpaired) electrons. The number of benzene rings is 1. The Morgan fingerprint density at radius 2 is 2.29 bits per heavy atom. The van der Waals surface area contributed by atoms with Crippen LogP contribution in [-0.2, 0) is 11.2 Å². The van der Waals surface area contributed by atoms with Crippen LogP contribution in [0.4, 0.5) is 5.69 Å². The smallest absolute Gasteiger partial charge is 0.151 e. The molecule has 2 rings (SSSR count). The van der Waals surface area contributed by atoms with Gasteiger partial charge >= 0.3 is 0 Å². The second kappa shape index (κ2) is 4.78. The summed E-state index contributed by atoms with van der Waals surface area (Å²) in [6.45, 7) is 7.15. The molecule has 1 aliphatic heterocycles. The van der Waals surface area contributed by atoms with E-state index >= 15 is 0 Å². The van der Waals surface area contributed by atoms with Gasteiger partial charge in [-0.3, -0.25) is 4.79 Å². The maximum atomic E-state index is 11.5. The molecular weight excluding hydrogens is 214 g/mol. The molecule has 0 N–H and O–H groups in total. The van der Waals surface area contributed by atoms with Crippen LogP contribution in [0.25, 0.3) is 0 Å². The summed E-state index contributed by atoms with van der Waals surface area (Å²) < 4.78 is 5.63. The lowest BCUT2D eigenvalue weighted by molar-refractivity contribution is -0.118. The summed E-state index contributed by atoms with van der Waals surface area (Å²) >= 11 is 0. The molecule has 3 nitrogen and oxygen atoms in total. The molecule has 3 heteroatoms. The first-order valence-electron chi connectivity index (χ1n) is 6.16. The van der Waals surface area contributed by atoms with E-state index in [9.17, 15) is 4.79 Å². The van der Waals surface area contributed by atoms with Crippen LogP contribution in [0.3, 0.4) is 0 Å². The topological polar surface area (TPSA) is 29.5 Å². The lowest BCUT2D eigenvalue weighted by Crippen LogP contribution is -2.43. The van der Waals surface area contributed by atoms with Gasteiger partial charge in [-0.2, -0.15) is 0 Å². The van der Waals surface area contributed by atoms with Gasteiger partial charge in [0.1, 0.15) is 12.4 Å².